The van der Waals surface area contributed by atoms with Gasteiger partial charge in [0.2, 0.25) is 5.95 Å². The van der Waals surface area contributed by atoms with Gasteiger partial charge in [-0.05, 0) is 81.3 Å². The zero-order valence-electron chi connectivity index (χ0n) is 18.8. The molecular formula is C25H31N5OS. The molecule has 7 heteroatoms. The van der Waals surface area contributed by atoms with E-state index in [2.05, 4.69) is 40.0 Å². The summed E-state index contributed by atoms with van der Waals surface area (Å²) in [5.41, 5.74) is 3.10. The maximum absolute atomic E-state index is 12.7. The second kappa shape index (κ2) is 8.79. The number of aryl methyl sites for hydroxylation is 1. The number of nitrogens with one attached hydrogen (secondary N) is 3. The molecule has 1 saturated heterocycles. The lowest BCUT2D eigenvalue weighted by atomic mass is 9.78. The molecule has 1 aliphatic carbocycles. The van der Waals surface area contributed by atoms with E-state index in [0.717, 1.165) is 70.7 Å². The minimum absolute atomic E-state index is 0.0237. The summed E-state index contributed by atoms with van der Waals surface area (Å²) in [5.74, 6) is 0.697. The Labute approximate surface area is 193 Å². The first kappa shape index (κ1) is 21.3. The number of hydrogen-bond donors (Lipinski definition) is 3. The summed E-state index contributed by atoms with van der Waals surface area (Å²) >= 11 is 1.68. The number of piperidine rings is 1. The predicted octanol–water partition coefficient (Wildman–Crippen LogP) is 4.75. The zero-order chi connectivity index (χ0) is 22.1. The predicted molar refractivity (Wildman–Crippen MR) is 131 cm³/mol. The van der Waals surface area contributed by atoms with Crippen molar-refractivity contribution < 1.29 is 4.79 Å². The molecule has 1 saturated carbocycles. The number of benzene rings is 1. The molecule has 0 unspecified atom stereocenters. The molecule has 1 amide bonds. The van der Waals surface area contributed by atoms with E-state index in [9.17, 15) is 4.79 Å². The van der Waals surface area contributed by atoms with Crippen molar-refractivity contribution in [3.8, 4) is 10.6 Å². The monoisotopic (exact) mass is 449 g/mol. The van der Waals surface area contributed by atoms with Crippen LogP contribution in [0.2, 0.25) is 0 Å². The molecule has 1 aliphatic heterocycles. The number of thiophene rings is 1. The third kappa shape index (κ3) is 4.64. The molecular weight excluding hydrogens is 418 g/mol. The van der Waals surface area contributed by atoms with Crippen LogP contribution >= 0.6 is 11.3 Å². The van der Waals surface area contributed by atoms with Crippen molar-refractivity contribution in [2.45, 2.75) is 52.0 Å². The Morgan fingerprint density at radius 2 is 2.09 bits per heavy atom. The van der Waals surface area contributed by atoms with Crippen LogP contribution in [0.1, 0.15) is 54.9 Å². The summed E-state index contributed by atoms with van der Waals surface area (Å²) in [6, 6.07) is 8.41. The molecule has 2 aromatic heterocycles. The normalized spacial score (nSPS) is 17.9. The van der Waals surface area contributed by atoms with Crippen molar-refractivity contribution in [3.05, 3.63) is 41.6 Å². The van der Waals surface area contributed by atoms with Gasteiger partial charge in [0, 0.05) is 34.4 Å². The molecule has 3 aromatic rings. The van der Waals surface area contributed by atoms with Crippen LogP contribution in [-0.2, 0) is 0 Å². The molecule has 6 nitrogen and oxygen atoms in total. The van der Waals surface area contributed by atoms with Crippen molar-refractivity contribution in [1.29, 1.82) is 0 Å². The lowest BCUT2D eigenvalue weighted by Crippen LogP contribution is -2.35. The number of fused-ring (bicyclic) bond motifs is 1. The second-order valence-corrected chi connectivity index (χ2v) is 10.6. The summed E-state index contributed by atoms with van der Waals surface area (Å²) in [5, 5.41) is 11.0. The summed E-state index contributed by atoms with van der Waals surface area (Å²) in [6.45, 7) is 7.50. The number of aromatic nitrogens is 2. The SMILES string of the molecule is Cc1cnc(NCCC2(C)CCNCC2)nc1-c1cc2c(C(=O)NC3CC3)cccc2s1. The highest BCUT2D eigenvalue weighted by molar-refractivity contribution is 7.22. The van der Waals surface area contributed by atoms with E-state index < -0.39 is 0 Å². The Morgan fingerprint density at radius 3 is 2.88 bits per heavy atom. The van der Waals surface area contributed by atoms with Crippen LogP contribution in [0, 0.1) is 12.3 Å². The van der Waals surface area contributed by atoms with Gasteiger partial charge in [-0.3, -0.25) is 4.79 Å². The van der Waals surface area contributed by atoms with Crippen LogP contribution in [0.3, 0.4) is 0 Å². The summed E-state index contributed by atoms with van der Waals surface area (Å²) in [7, 11) is 0. The smallest absolute Gasteiger partial charge is 0.252 e. The van der Waals surface area contributed by atoms with Gasteiger partial charge in [0.15, 0.2) is 0 Å². The fourth-order valence-corrected chi connectivity index (χ4v) is 5.54. The number of carbonyl (C=O) groups excluding carboxylic acids is 1. The molecule has 0 bridgehead atoms. The van der Waals surface area contributed by atoms with Crippen LogP contribution in [-0.4, -0.2) is 41.6 Å². The Bertz CT molecular complexity index is 1130. The zero-order valence-corrected chi connectivity index (χ0v) is 19.6. The number of hydrogen-bond acceptors (Lipinski definition) is 6. The topological polar surface area (TPSA) is 78.9 Å². The molecule has 3 heterocycles. The molecule has 5 rings (SSSR count). The summed E-state index contributed by atoms with van der Waals surface area (Å²) in [4.78, 5) is 23.1. The van der Waals surface area contributed by atoms with E-state index in [1.165, 1.54) is 12.8 Å². The molecule has 3 N–H and O–H groups in total. The second-order valence-electron chi connectivity index (χ2n) is 9.54. The third-order valence-corrected chi connectivity index (χ3v) is 7.85. The fourth-order valence-electron chi connectivity index (χ4n) is 4.40. The Hall–Kier alpha value is -2.51. The third-order valence-electron chi connectivity index (χ3n) is 6.75. The van der Waals surface area contributed by atoms with Crippen LogP contribution in [0.25, 0.3) is 20.7 Å². The van der Waals surface area contributed by atoms with Gasteiger partial charge < -0.3 is 16.0 Å². The van der Waals surface area contributed by atoms with E-state index in [4.69, 9.17) is 4.98 Å². The molecule has 0 spiro atoms. The lowest BCUT2D eigenvalue weighted by molar-refractivity contribution is 0.0952. The van der Waals surface area contributed by atoms with Gasteiger partial charge in [-0.2, -0.15) is 0 Å². The highest BCUT2D eigenvalue weighted by Gasteiger charge is 2.26. The lowest BCUT2D eigenvalue weighted by Gasteiger charge is -2.34. The number of anilines is 1. The fraction of sp³-hybridized carbons (Fsp3) is 0.480. The average molecular weight is 450 g/mol. The van der Waals surface area contributed by atoms with Gasteiger partial charge in [-0.1, -0.05) is 13.0 Å². The van der Waals surface area contributed by atoms with E-state index >= 15 is 0 Å². The minimum Gasteiger partial charge on any atom is -0.354 e. The Kier molecular flexibility index (Phi) is 5.86. The van der Waals surface area contributed by atoms with Gasteiger partial charge >= 0.3 is 0 Å². The molecule has 2 aliphatic rings. The first-order valence-electron chi connectivity index (χ1n) is 11.6. The summed E-state index contributed by atoms with van der Waals surface area (Å²) in [6.07, 6.45) is 7.61. The van der Waals surface area contributed by atoms with E-state index in [-0.39, 0.29) is 5.91 Å². The minimum atomic E-state index is 0.0237. The van der Waals surface area contributed by atoms with Gasteiger partial charge in [-0.25, -0.2) is 9.97 Å². The first-order valence-corrected chi connectivity index (χ1v) is 12.4. The molecule has 1 aromatic carbocycles. The maximum Gasteiger partial charge on any atom is 0.252 e. The van der Waals surface area contributed by atoms with Gasteiger partial charge in [0.1, 0.15) is 0 Å². The van der Waals surface area contributed by atoms with E-state index in [0.29, 0.717) is 17.4 Å². The highest BCUT2D eigenvalue weighted by atomic mass is 32.1. The first-order chi connectivity index (χ1) is 15.5. The maximum atomic E-state index is 12.7. The van der Waals surface area contributed by atoms with Crippen molar-refractivity contribution in [2.75, 3.05) is 25.0 Å². The van der Waals surface area contributed by atoms with Crippen molar-refractivity contribution in [1.82, 2.24) is 20.6 Å². The van der Waals surface area contributed by atoms with Gasteiger partial charge in [0.25, 0.3) is 5.91 Å². The van der Waals surface area contributed by atoms with Gasteiger partial charge in [0.05, 0.1) is 10.6 Å². The molecule has 32 heavy (non-hydrogen) atoms. The standard InChI is InChI=1S/C25H31N5OS/c1-16-15-28-24(27-13-10-25(2)8-11-26-12-9-25)30-22(16)21-14-19-18(4-3-5-20(19)32-21)23(31)29-17-6-7-17/h3-5,14-15,17,26H,6-13H2,1-2H3,(H,29,31)(H,27,28,30). The Morgan fingerprint density at radius 1 is 1.28 bits per heavy atom. The van der Waals surface area contributed by atoms with Crippen molar-refractivity contribution >= 4 is 33.3 Å². The number of rotatable bonds is 7. The van der Waals surface area contributed by atoms with Crippen LogP contribution in [0.5, 0.6) is 0 Å². The van der Waals surface area contributed by atoms with Crippen LogP contribution in [0.4, 0.5) is 5.95 Å². The quantitative estimate of drug-likeness (QED) is 0.485. The number of carbonyl (C=O) groups is 1. The van der Waals surface area contributed by atoms with Crippen molar-refractivity contribution in [2.24, 2.45) is 5.41 Å². The summed E-state index contributed by atoms with van der Waals surface area (Å²) < 4.78 is 1.11. The molecule has 168 valence electrons. The highest BCUT2D eigenvalue weighted by Crippen LogP contribution is 2.36. The number of nitrogens with zero attached hydrogens (tertiary/aromatic N) is 2. The average Bonchev–Trinajstić information content (AvgIpc) is 3.49. The number of amides is 1. The molecule has 0 radical (unpaired) electrons. The van der Waals surface area contributed by atoms with Gasteiger partial charge in [-0.15, -0.1) is 11.3 Å². The molecule has 0 atom stereocenters. The van der Waals surface area contributed by atoms with Crippen LogP contribution < -0.4 is 16.0 Å². The largest absolute Gasteiger partial charge is 0.354 e. The van der Waals surface area contributed by atoms with Crippen LogP contribution in [0.15, 0.2) is 30.5 Å². The Balaban J connectivity index is 1.35. The van der Waals surface area contributed by atoms with E-state index in [1.54, 1.807) is 11.3 Å². The van der Waals surface area contributed by atoms with E-state index in [1.807, 2.05) is 25.3 Å². The van der Waals surface area contributed by atoms with Crippen molar-refractivity contribution in [3.63, 3.8) is 0 Å². The molecule has 2 fully saturated rings.